The Balaban J connectivity index is 2.33. The fraction of sp³-hybridized carbons (Fsp3) is 0.625. The quantitative estimate of drug-likeness (QED) is 0.0783. The van der Waals surface area contributed by atoms with Gasteiger partial charge in [0.1, 0.15) is 18.1 Å². The number of aliphatic hydroxyl groups is 1. The molecule has 0 saturated heterocycles. The summed E-state index contributed by atoms with van der Waals surface area (Å²) in [6.07, 6.45) is 7.88. The fourth-order valence-electron chi connectivity index (χ4n) is 3.22. The van der Waals surface area contributed by atoms with Crippen LogP contribution in [0.2, 0.25) is 0 Å². The van der Waals surface area contributed by atoms with Gasteiger partial charge in [-0.2, -0.15) is 0 Å². The summed E-state index contributed by atoms with van der Waals surface area (Å²) in [5.41, 5.74) is 5.81. The number of aliphatic hydroxyl groups excluding tert-OH is 1. The molecule has 0 aliphatic carbocycles. The number of carbonyl (C=O) groups is 3. The number of amidine groups is 1. The van der Waals surface area contributed by atoms with Crippen molar-refractivity contribution in [3.8, 4) is 0 Å². The summed E-state index contributed by atoms with van der Waals surface area (Å²) < 4.78 is 1.77. The molecule has 0 aliphatic heterocycles. The summed E-state index contributed by atoms with van der Waals surface area (Å²) in [5.74, 6) is -0.677. The Morgan fingerprint density at radius 3 is 2.68 bits per heavy atom. The van der Waals surface area contributed by atoms with Crippen molar-refractivity contribution < 1.29 is 19.5 Å². The van der Waals surface area contributed by atoms with Gasteiger partial charge in [0, 0.05) is 44.4 Å². The first-order chi connectivity index (χ1) is 17.7. The number of nitrogens with zero attached hydrogens (tertiary/aromatic N) is 5. The first-order valence-corrected chi connectivity index (χ1v) is 12.5. The van der Waals surface area contributed by atoms with E-state index in [2.05, 4.69) is 42.8 Å². The van der Waals surface area contributed by atoms with Crippen LogP contribution in [0, 0.1) is 5.92 Å². The van der Waals surface area contributed by atoms with E-state index in [1.807, 2.05) is 27.0 Å². The summed E-state index contributed by atoms with van der Waals surface area (Å²) in [6, 6.07) is -0.732. The number of aryl methyl sites for hydroxylation is 1. The Kier molecular flexibility index (Phi) is 15.3. The van der Waals surface area contributed by atoms with Crippen molar-refractivity contribution in [2.45, 2.75) is 78.1 Å². The fourth-order valence-corrected chi connectivity index (χ4v) is 3.22. The summed E-state index contributed by atoms with van der Waals surface area (Å²) in [7, 11) is 0. The van der Waals surface area contributed by atoms with Crippen molar-refractivity contribution in [2.24, 2.45) is 21.6 Å². The number of nitrogens with two attached hydrogens (primary N) is 1. The number of hydrogen-bond donors (Lipinski definition) is 5. The van der Waals surface area contributed by atoms with Crippen LogP contribution in [0.5, 0.6) is 0 Å². The SMILES string of the molecule is C=CN=C(CC)N=CCc1cn(CCCCCC(=O)N[C@H](C(=O)NCC(O)NCC(N)=O)C(C)C)nn1. The van der Waals surface area contributed by atoms with Crippen LogP contribution in [-0.2, 0) is 27.3 Å². The highest BCUT2D eigenvalue weighted by molar-refractivity contribution is 5.90. The normalized spacial score (nSPS) is 13.5. The molecular weight excluding hydrogens is 478 g/mol. The van der Waals surface area contributed by atoms with Crippen LogP contribution >= 0.6 is 0 Å². The van der Waals surface area contributed by atoms with Gasteiger partial charge >= 0.3 is 0 Å². The standard InChI is InChI=1S/C24H41N9O4/c1-5-20(26-6-2)27-12-11-18-16-33(32-31-18)13-9-7-8-10-21(35)30-23(17(3)4)24(37)29-15-22(36)28-14-19(25)34/h6,12,16-17,22-23,28,36H,2,5,7-11,13-15H2,1,3-4H3,(H2,25,34)(H,29,37)(H,30,35)/t22?,23-/m0/s1. The zero-order valence-corrected chi connectivity index (χ0v) is 22.0. The number of carbonyl (C=O) groups excluding carboxylic acids is 3. The lowest BCUT2D eigenvalue weighted by Crippen LogP contribution is -2.52. The molecule has 0 spiro atoms. The Morgan fingerprint density at radius 2 is 2.03 bits per heavy atom. The Labute approximate surface area is 218 Å². The van der Waals surface area contributed by atoms with Crippen molar-refractivity contribution >= 4 is 29.8 Å². The molecule has 0 fully saturated rings. The van der Waals surface area contributed by atoms with Gasteiger partial charge in [-0.3, -0.25) is 24.4 Å². The number of aromatic nitrogens is 3. The van der Waals surface area contributed by atoms with E-state index < -0.39 is 24.1 Å². The maximum atomic E-state index is 12.5. The minimum Gasteiger partial charge on any atom is -0.377 e. The summed E-state index contributed by atoms with van der Waals surface area (Å²) in [6.45, 7) is 9.55. The zero-order chi connectivity index (χ0) is 27.6. The minimum atomic E-state index is -1.13. The van der Waals surface area contributed by atoms with Crippen LogP contribution in [-0.4, -0.2) is 75.2 Å². The predicted octanol–water partition coefficient (Wildman–Crippen LogP) is 0.0541. The highest BCUT2D eigenvalue weighted by atomic mass is 16.3. The van der Waals surface area contributed by atoms with Gasteiger partial charge < -0.3 is 21.5 Å². The van der Waals surface area contributed by atoms with Gasteiger partial charge in [-0.15, -0.1) is 5.10 Å². The molecule has 3 amide bonds. The molecule has 206 valence electrons. The molecule has 1 heterocycles. The Morgan fingerprint density at radius 1 is 1.27 bits per heavy atom. The summed E-state index contributed by atoms with van der Waals surface area (Å²) >= 11 is 0. The number of primary amides is 1. The van der Waals surface area contributed by atoms with Crippen molar-refractivity contribution in [1.82, 2.24) is 30.9 Å². The van der Waals surface area contributed by atoms with Crippen LogP contribution in [0.3, 0.4) is 0 Å². The molecule has 1 aromatic heterocycles. The molecule has 0 aromatic carbocycles. The smallest absolute Gasteiger partial charge is 0.242 e. The van der Waals surface area contributed by atoms with E-state index >= 15 is 0 Å². The van der Waals surface area contributed by atoms with Gasteiger partial charge in [-0.05, 0) is 18.8 Å². The van der Waals surface area contributed by atoms with E-state index in [-0.39, 0.29) is 24.9 Å². The molecule has 1 aromatic rings. The van der Waals surface area contributed by atoms with Crippen LogP contribution in [0.1, 0.15) is 58.6 Å². The molecule has 0 radical (unpaired) electrons. The molecule has 6 N–H and O–H groups in total. The molecular formula is C24H41N9O4. The molecule has 37 heavy (non-hydrogen) atoms. The van der Waals surface area contributed by atoms with Gasteiger partial charge in [0.15, 0.2) is 0 Å². The van der Waals surface area contributed by atoms with Crippen LogP contribution in [0.4, 0.5) is 0 Å². The van der Waals surface area contributed by atoms with Gasteiger partial charge in [0.05, 0.1) is 18.8 Å². The van der Waals surface area contributed by atoms with Crippen molar-refractivity contribution in [2.75, 3.05) is 13.1 Å². The van der Waals surface area contributed by atoms with Gasteiger partial charge in [0.2, 0.25) is 17.7 Å². The molecule has 2 atom stereocenters. The number of unbranched alkanes of at least 4 members (excludes halogenated alkanes) is 2. The number of amides is 3. The summed E-state index contributed by atoms with van der Waals surface area (Å²) in [4.78, 5) is 43.9. The first kappa shape index (κ1) is 31.6. The first-order valence-electron chi connectivity index (χ1n) is 12.5. The third-order valence-corrected chi connectivity index (χ3v) is 5.22. The van der Waals surface area contributed by atoms with Crippen molar-refractivity contribution in [3.05, 3.63) is 24.7 Å². The molecule has 13 nitrogen and oxygen atoms in total. The maximum Gasteiger partial charge on any atom is 0.242 e. The largest absolute Gasteiger partial charge is 0.377 e. The van der Waals surface area contributed by atoms with Crippen LogP contribution < -0.4 is 21.7 Å². The molecule has 1 rings (SSSR count). The van der Waals surface area contributed by atoms with Gasteiger partial charge in [-0.25, -0.2) is 9.98 Å². The lowest BCUT2D eigenvalue weighted by Gasteiger charge is -2.22. The van der Waals surface area contributed by atoms with E-state index in [1.54, 1.807) is 10.9 Å². The number of hydrogen-bond acceptors (Lipinski definition) is 8. The van der Waals surface area contributed by atoms with E-state index in [9.17, 15) is 19.5 Å². The van der Waals surface area contributed by atoms with Gasteiger partial charge in [-0.1, -0.05) is 39.0 Å². The minimum absolute atomic E-state index is 0.120. The molecule has 0 saturated carbocycles. The Bertz CT molecular complexity index is 927. The van der Waals surface area contributed by atoms with E-state index in [0.717, 1.165) is 25.0 Å². The van der Waals surface area contributed by atoms with Crippen molar-refractivity contribution in [3.63, 3.8) is 0 Å². The predicted molar refractivity (Wildman–Crippen MR) is 142 cm³/mol. The van der Waals surface area contributed by atoms with Gasteiger partial charge in [0.25, 0.3) is 0 Å². The lowest BCUT2D eigenvalue weighted by atomic mass is 10.0. The third kappa shape index (κ3) is 14.0. The molecule has 0 aliphatic rings. The molecule has 13 heteroatoms. The highest BCUT2D eigenvalue weighted by Crippen LogP contribution is 2.06. The second kappa shape index (κ2) is 17.9. The highest BCUT2D eigenvalue weighted by Gasteiger charge is 2.24. The number of aliphatic imine (C=N–C) groups is 2. The zero-order valence-electron chi connectivity index (χ0n) is 22.0. The third-order valence-electron chi connectivity index (χ3n) is 5.22. The molecule has 0 bridgehead atoms. The monoisotopic (exact) mass is 519 g/mol. The number of nitrogens with one attached hydrogen (secondary N) is 3. The maximum absolute atomic E-state index is 12.5. The van der Waals surface area contributed by atoms with E-state index in [0.29, 0.717) is 31.6 Å². The average molecular weight is 520 g/mol. The average Bonchev–Trinajstić information content (AvgIpc) is 3.31. The lowest BCUT2D eigenvalue weighted by molar-refractivity contribution is -0.130. The van der Waals surface area contributed by atoms with E-state index in [1.165, 1.54) is 6.20 Å². The van der Waals surface area contributed by atoms with Crippen LogP contribution in [0.15, 0.2) is 29.0 Å². The second-order valence-electron chi connectivity index (χ2n) is 8.78. The second-order valence-corrected chi connectivity index (χ2v) is 8.78. The summed E-state index contributed by atoms with van der Waals surface area (Å²) in [5, 5.41) is 25.8. The topological polar surface area (TPSA) is 189 Å². The Hall–Kier alpha value is -3.45. The number of rotatable bonds is 18. The molecule has 1 unspecified atom stereocenters. The van der Waals surface area contributed by atoms with Crippen LogP contribution in [0.25, 0.3) is 0 Å². The van der Waals surface area contributed by atoms with E-state index in [4.69, 9.17) is 5.73 Å². The van der Waals surface area contributed by atoms with Crippen molar-refractivity contribution in [1.29, 1.82) is 0 Å².